The first kappa shape index (κ1) is 20.8. The number of hydrogen-bond acceptors (Lipinski definition) is 5. The molecule has 1 fully saturated rings. The van der Waals surface area contributed by atoms with E-state index in [-0.39, 0.29) is 29.9 Å². The maximum Gasteiger partial charge on any atom is 0.390 e. The lowest BCUT2D eigenvalue weighted by atomic mass is 10.0. The number of aromatic nitrogens is 3. The SMILES string of the molecule is Cc1cc(-c2cnc3c(NCCC(F)(F)F)cc(C=O)nn23)ccc1C(=O)NC1CC1. The summed E-state index contributed by atoms with van der Waals surface area (Å²) in [6.45, 7) is 1.47. The quantitative estimate of drug-likeness (QED) is 0.556. The molecule has 31 heavy (non-hydrogen) atoms. The van der Waals surface area contributed by atoms with Crippen LogP contribution in [-0.4, -0.2) is 45.6 Å². The molecule has 10 heteroatoms. The molecule has 7 nitrogen and oxygen atoms in total. The number of aryl methyl sites for hydroxylation is 1. The highest BCUT2D eigenvalue weighted by molar-refractivity contribution is 5.96. The fourth-order valence-corrected chi connectivity index (χ4v) is 3.28. The molecule has 1 saturated carbocycles. The number of carbonyl (C=O) groups is 2. The molecule has 0 atom stereocenters. The monoisotopic (exact) mass is 431 g/mol. The zero-order chi connectivity index (χ0) is 22.2. The summed E-state index contributed by atoms with van der Waals surface area (Å²) in [5.41, 5.74) is 3.24. The van der Waals surface area contributed by atoms with Crippen LogP contribution in [0.2, 0.25) is 0 Å². The molecule has 1 aliphatic rings. The maximum absolute atomic E-state index is 12.5. The van der Waals surface area contributed by atoms with Crippen LogP contribution < -0.4 is 10.6 Å². The largest absolute Gasteiger partial charge is 0.390 e. The number of rotatable bonds is 7. The maximum atomic E-state index is 12.5. The molecule has 1 amide bonds. The Hall–Kier alpha value is -3.43. The molecule has 0 radical (unpaired) electrons. The van der Waals surface area contributed by atoms with Crippen LogP contribution in [0.4, 0.5) is 18.9 Å². The van der Waals surface area contributed by atoms with E-state index < -0.39 is 12.6 Å². The third-order valence-electron chi connectivity index (χ3n) is 5.01. The van der Waals surface area contributed by atoms with E-state index in [1.165, 1.54) is 16.8 Å². The van der Waals surface area contributed by atoms with Crippen molar-refractivity contribution in [2.24, 2.45) is 0 Å². The number of carbonyl (C=O) groups excluding carboxylic acids is 2. The van der Waals surface area contributed by atoms with Crippen molar-refractivity contribution in [2.45, 2.75) is 38.4 Å². The molecule has 162 valence electrons. The summed E-state index contributed by atoms with van der Waals surface area (Å²) < 4.78 is 38.9. The van der Waals surface area contributed by atoms with E-state index in [0.29, 0.717) is 28.8 Å². The van der Waals surface area contributed by atoms with E-state index in [0.717, 1.165) is 18.4 Å². The van der Waals surface area contributed by atoms with Crippen molar-refractivity contribution in [3.8, 4) is 11.3 Å². The van der Waals surface area contributed by atoms with Crippen LogP contribution >= 0.6 is 0 Å². The Morgan fingerprint density at radius 3 is 2.71 bits per heavy atom. The fraction of sp³-hybridized carbons (Fsp3) is 0.333. The van der Waals surface area contributed by atoms with Crippen LogP contribution in [0.1, 0.15) is 45.7 Å². The number of anilines is 1. The van der Waals surface area contributed by atoms with Gasteiger partial charge in [0.2, 0.25) is 0 Å². The van der Waals surface area contributed by atoms with E-state index in [1.807, 2.05) is 13.0 Å². The van der Waals surface area contributed by atoms with Crippen LogP contribution in [0, 0.1) is 6.92 Å². The summed E-state index contributed by atoms with van der Waals surface area (Å²) in [6.07, 6.45) is -1.27. The van der Waals surface area contributed by atoms with Crippen molar-refractivity contribution < 1.29 is 22.8 Å². The highest BCUT2D eigenvalue weighted by Gasteiger charge is 2.27. The van der Waals surface area contributed by atoms with Crippen LogP contribution in [0.3, 0.4) is 0 Å². The lowest BCUT2D eigenvalue weighted by Crippen LogP contribution is -2.26. The van der Waals surface area contributed by atoms with Crippen LogP contribution in [0.15, 0.2) is 30.5 Å². The number of fused-ring (bicyclic) bond motifs is 1. The second-order valence-electron chi connectivity index (χ2n) is 7.55. The number of benzene rings is 1. The Morgan fingerprint density at radius 2 is 2.06 bits per heavy atom. The lowest BCUT2D eigenvalue weighted by molar-refractivity contribution is -0.131. The van der Waals surface area contributed by atoms with Gasteiger partial charge < -0.3 is 10.6 Å². The van der Waals surface area contributed by atoms with Gasteiger partial charge in [-0.05, 0) is 43.5 Å². The average Bonchev–Trinajstić information content (AvgIpc) is 3.41. The first-order valence-electron chi connectivity index (χ1n) is 9.81. The van der Waals surface area contributed by atoms with Crippen molar-refractivity contribution in [1.82, 2.24) is 19.9 Å². The highest BCUT2D eigenvalue weighted by Crippen LogP contribution is 2.27. The second kappa shape index (κ2) is 8.01. The molecule has 0 saturated heterocycles. The standard InChI is InChI=1S/C21H20F3N5O2/c1-12-8-13(2-5-16(12)20(31)27-14-3-4-14)18-10-26-19-17(25-7-6-21(22,23)24)9-15(11-30)28-29(18)19/h2,5,8-11,14,25H,3-4,6-7H2,1H3,(H,27,31). The minimum atomic E-state index is -4.30. The van der Waals surface area contributed by atoms with Gasteiger partial charge in [-0.1, -0.05) is 6.07 Å². The van der Waals surface area contributed by atoms with Crippen LogP contribution in [-0.2, 0) is 0 Å². The second-order valence-corrected chi connectivity index (χ2v) is 7.55. The summed E-state index contributed by atoms with van der Waals surface area (Å²) >= 11 is 0. The van der Waals surface area contributed by atoms with Gasteiger partial charge in [-0.15, -0.1) is 0 Å². The molecule has 0 unspecified atom stereocenters. The molecule has 2 N–H and O–H groups in total. The first-order valence-corrected chi connectivity index (χ1v) is 9.81. The van der Waals surface area contributed by atoms with Gasteiger partial charge in [0.1, 0.15) is 5.69 Å². The van der Waals surface area contributed by atoms with Gasteiger partial charge >= 0.3 is 6.18 Å². The van der Waals surface area contributed by atoms with E-state index in [4.69, 9.17) is 0 Å². The smallest absolute Gasteiger partial charge is 0.382 e. The number of amides is 1. The minimum absolute atomic E-state index is 0.0541. The molecular weight excluding hydrogens is 411 g/mol. The number of nitrogens with zero attached hydrogens (tertiary/aromatic N) is 3. The lowest BCUT2D eigenvalue weighted by Gasteiger charge is -2.11. The van der Waals surface area contributed by atoms with Crippen molar-refractivity contribution in [3.63, 3.8) is 0 Å². The molecule has 3 aromatic rings. The molecule has 0 bridgehead atoms. The molecule has 2 aromatic heterocycles. The fourth-order valence-electron chi connectivity index (χ4n) is 3.28. The molecule has 1 aromatic carbocycles. The van der Waals surface area contributed by atoms with Crippen molar-refractivity contribution in [2.75, 3.05) is 11.9 Å². The van der Waals surface area contributed by atoms with Gasteiger partial charge in [0.05, 0.1) is 24.0 Å². The van der Waals surface area contributed by atoms with Crippen LogP contribution in [0.5, 0.6) is 0 Å². The number of hydrogen-bond donors (Lipinski definition) is 2. The third kappa shape index (κ3) is 4.68. The Morgan fingerprint density at radius 1 is 1.29 bits per heavy atom. The molecular formula is C21H20F3N5O2. The van der Waals surface area contributed by atoms with E-state index in [1.54, 1.807) is 12.1 Å². The summed E-state index contributed by atoms with van der Waals surface area (Å²) in [6, 6.07) is 6.90. The van der Waals surface area contributed by atoms with Crippen molar-refractivity contribution >= 4 is 23.5 Å². The zero-order valence-corrected chi connectivity index (χ0v) is 16.7. The normalized spacial score (nSPS) is 13.9. The van der Waals surface area contributed by atoms with E-state index in [9.17, 15) is 22.8 Å². The first-order chi connectivity index (χ1) is 14.7. The number of alkyl halides is 3. The third-order valence-corrected chi connectivity index (χ3v) is 5.01. The van der Waals surface area contributed by atoms with Crippen molar-refractivity contribution in [1.29, 1.82) is 0 Å². The topological polar surface area (TPSA) is 88.4 Å². The van der Waals surface area contributed by atoms with Gasteiger partial charge in [-0.3, -0.25) is 9.59 Å². The summed E-state index contributed by atoms with van der Waals surface area (Å²) in [5, 5.41) is 9.87. The van der Waals surface area contributed by atoms with E-state index >= 15 is 0 Å². The van der Waals surface area contributed by atoms with E-state index in [2.05, 4.69) is 20.7 Å². The van der Waals surface area contributed by atoms with Gasteiger partial charge in [-0.25, -0.2) is 9.50 Å². The predicted molar refractivity (Wildman–Crippen MR) is 108 cm³/mol. The van der Waals surface area contributed by atoms with Gasteiger partial charge in [0.15, 0.2) is 11.9 Å². The Labute approximate surface area is 175 Å². The van der Waals surface area contributed by atoms with Crippen molar-refractivity contribution in [3.05, 3.63) is 47.3 Å². The Balaban J connectivity index is 1.66. The predicted octanol–water partition coefficient (Wildman–Crippen LogP) is 3.77. The Bertz CT molecular complexity index is 1150. The number of aldehydes is 1. The van der Waals surface area contributed by atoms with Crippen LogP contribution in [0.25, 0.3) is 16.9 Å². The van der Waals surface area contributed by atoms with Gasteiger partial charge in [-0.2, -0.15) is 18.3 Å². The number of imidazole rings is 1. The number of halogens is 3. The summed E-state index contributed by atoms with van der Waals surface area (Å²) in [7, 11) is 0. The summed E-state index contributed by atoms with van der Waals surface area (Å²) in [5.74, 6) is -0.123. The summed E-state index contributed by atoms with van der Waals surface area (Å²) in [4.78, 5) is 28.0. The molecule has 0 spiro atoms. The highest BCUT2D eigenvalue weighted by atomic mass is 19.4. The van der Waals surface area contributed by atoms with Gasteiger partial charge in [0.25, 0.3) is 5.91 Å². The molecule has 4 rings (SSSR count). The minimum Gasteiger partial charge on any atom is -0.382 e. The molecule has 1 aliphatic carbocycles. The number of nitrogens with one attached hydrogen (secondary N) is 2. The zero-order valence-electron chi connectivity index (χ0n) is 16.7. The molecule has 0 aliphatic heterocycles. The Kier molecular flexibility index (Phi) is 5.38. The average molecular weight is 431 g/mol. The van der Waals surface area contributed by atoms with Gasteiger partial charge in [0, 0.05) is 23.7 Å². The molecule has 2 heterocycles.